The summed E-state index contributed by atoms with van der Waals surface area (Å²) < 4.78 is 5.33. The highest BCUT2D eigenvalue weighted by atomic mass is 32.2. The molecule has 4 heteroatoms. The second-order valence-corrected chi connectivity index (χ2v) is 5.86. The molecule has 0 saturated carbocycles. The number of thioether (sulfide) groups is 1. The van der Waals surface area contributed by atoms with Crippen LogP contribution in [0.25, 0.3) is 0 Å². The zero-order valence-electron chi connectivity index (χ0n) is 9.58. The summed E-state index contributed by atoms with van der Waals surface area (Å²) in [5, 5.41) is 4.48. The fraction of sp³-hybridized carbons (Fsp3) is 1.00. The monoisotopic (exact) mass is 230 g/mol. The van der Waals surface area contributed by atoms with Gasteiger partial charge in [-0.25, -0.2) is 0 Å². The highest BCUT2D eigenvalue weighted by Gasteiger charge is 2.23. The third kappa shape index (κ3) is 3.63. The van der Waals surface area contributed by atoms with Gasteiger partial charge < -0.3 is 10.1 Å². The summed E-state index contributed by atoms with van der Waals surface area (Å²) in [7, 11) is 0. The molecule has 0 aliphatic carbocycles. The molecular formula is C11H22N2OS. The minimum atomic E-state index is 0.746. The summed E-state index contributed by atoms with van der Waals surface area (Å²) in [6.45, 7) is 8.69. The van der Waals surface area contributed by atoms with Crippen LogP contribution in [-0.4, -0.2) is 61.3 Å². The largest absolute Gasteiger partial charge is 0.379 e. The Labute approximate surface area is 96.9 Å². The fourth-order valence-corrected chi connectivity index (χ4v) is 3.46. The molecule has 3 nitrogen and oxygen atoms in total. The van der Waals surface area contributed by atoms with Crippen LogP contribution in [0.5, 0.6) is 0 Å². The van der Waals surface area contributed by atoms with Crippen LogP contribution in [0.2, 0.25) is 0 Å². The normalized spacial score (nSPS) is 33.4. The molecule has 2 unspecified atom stereocenters. The number of nitrogens with one attached hydrogen (secondary N) is 1. The molecule has 0 amide bonds. The van der Waals surface area contributed by atoms with E-state index >= 15 is 0 Å². The molecule has 88 valence electrons. The molecule has 2 aliphatic heterocycles. The van der Waals surface area contributed by atoms with E-state index in [0.29, 0.717) is 0 Å². The first-order chi connectivity index (χ1) is 7.36. The Balaban J connectivity index is 1.57. The van der Waals surface area contributed by atoms with Crippen molar-refractivity contribution in [1.29, 1.82) is 0 Å². The van der Waals surface area contributed by atoms with Gasteiger partial charge in [-0.05, 0) is 12.2 Å². The standard InChI is InChI=1S/C11H22N2OS/c1-10-11(2-9-15-10)12-3-4-13-5-7-14-8-6-13/h10-12H,2-9H2,1H3. The van der Waals surface area contributed by atoms with Crippen LogP contribution in [-0.2, 0) is 4.74 Å². The van der Waals surface area contributed by atoms with E-state index in [9.17, 15) is 0 Å². The SMILES string of the molecule is CC1SCCC1NCCN1CCOCC1. The molecule has 2 atom stereocenters. The van der Waals surface area contributed by atoms with E-state index in [2.05, 4.69) is 28.9 Å². The van der Waals surface area contributed by atoms with Crippen molar-refractivity contribution in [2.45, 2.75) is 24.6 Å². The van der Waals surface area contributed by atoms with E-state index in [4.69, 9.17) is 4.74 Å². The molecule has 0 bridgehead atoms. The van der Waals surface area contributed by atoms with Crippen molar-refractivity contribution < 1.29 is 4.74 Å². The van der Waals surface area contributed by atoms with Crippen LogP contribution in [0.4, 0.5) is 0 Å². The van der Waals surface area contributed by atoms with Gasteiger partial charge in [0, 0.05) is 37.5 Å². The summed E-state index contributed by atoms with van der Waals surface area (Å²) in [5.41, 5.74) is 0. The van der Waals surface area contributed by atoms with Crippen molar-refractivity contribution in [3.63, 3.8) is 0 Å². The lowest BCUT2D eigenvalue weighted by Gasteiger charge is -2.27. The van der Waals surface area contributed by atoms with Gasteiger partial charge in [0.25, 0.3) is 0 Å². The number of morpholine rings is 1. The van der Waals surface area contributed by atoms with Crippen LogP contribution in [0.15, 0.2) is 0 Å². The van der Waals surface area contributed by atoms with E-state index in [-0.39, 0.29) is 0 Å². The zero-order chi connectivity index (χ0) is 10.5. The summed E-state index contributed by atoms with van der Waals surface area (Å²) >= 11 is 2.10. The Morgan fingerprint density at radius 1 is 1.40 bits per heavy atom. The van der Waals surface area contributed by atoms with Gasteiger partial charge in [-0.1, -0.05) is 6.92 Å². The van der Waals surface area contributed by atoms with E-state index in [1.54, 1.807) is 0 Å². The van der Waals surface area contributed by atoms with Gasteiger partial charge in [-0.3, -0.25) is 4.90 Å². The minimum Gasteiger partial charge on any atom is -0.379 e. The maximum atomic E-state index is 5.33. The molecule has 15 heavy (non-hydrogen) atoms. The number of nitrogens with zero attached hydrogens (tertiary/aromatic N) is 1. The number of rotatable bonds is 4. The lowest BCUT2D eigenvalue weighted by molar-refractivity contribution is 0.0381. The molecule has 0 spiro atoms. The van der Waals surface area contributed by atoms with Gasteiger partial charge in [0.2, 0.25) is 0 Å². The van der Waals surface area contributed by atoms with Crippen LogP contribution < -0.4 is 5.32 Å². The molecule has 2 rings (SSSR count). The van der Waals surface area contributed by atoms with E-state index in [1.165, 1.54) is 18.7 Å². The number of hydrogen-bond acceptors (Lipinski definition) is 4. The molecule has 2 aliphatic rings. The Morgan fingerprint density at radius 2 is 2.20 bits per heavy atom. The highest BCUT2D eigenvalue weighted by molar-refractivity contribution is 8.00. The quantitative estimate of drug-likeness (QED) is 0.772. The molecule has 0 radical (unpaired) electrons. The lowest BCUT2D eigenvalue weighted by atomic mass is 10.2. The first kappa shape index (κ1) is 11.7. The maximum Gasteiger partial charge on any atom is 0.0594 e. The van der Waals surface area contributed by atoms with Gasteiger partial charge in [-0.15, -0.1) is 0 Å². The first-order valence-corrected chi connectivity index (χ1v) is 7.06. The third-order valence-electron chi connectivity index (χ3n) is 3.31. The average molecular weight is 230 g/mol. The number of hydrogen-bond donors (Lipinski definition) is 1. The predicted octanol–water partition coefficient (Wildman–Crippen LogP) is 0.802. The Hall–Kier alpha value is 0.230. The predicted molar refractivity (Wildman–Crippen MR) is 65.6 cm³/mol. The van der Waals surface area contributed by atoms with Crippen molar-refractivity contribution in [3.05, 3.63) is 0 Å². The molecular weight excluding hydrogens is 208 g/mol. The van der Waals surface area contributed by atoms with Gasteiger partial charge in [-0.2, -0.15) is 11.8 Å². The van der Waals surface area contributed by atoms with Gasteiger partial charge in [0.05, 0.1) is 13.2 Å². The smallest absolute Gasteiger partial charge is 0.0594 e. The van der Waals surface area contributed by atoms with E-state index in [1.807, 2.05) is 0 Å². The third-order valence-corrected chi connectivity index (χ3v) is 4.64. The fourth-order valence-electron chi connectivity index (χ4n) is 2.23. The summed E-state index contributed by atoms with van der Waals surface area (Å²) in [6, 6.07) is 0.746. The van der Waals surface area contributed by atoms with E-state index in [0.717, 1.165) is 44.1 Å². The summed E-state index contributed by atoms with van der Waals surface area (Å²) in [6.07, 6.45) is 1.34. The van der Waals surface area contributed by atoms with Gasteiger partial charge >= 0.3 is 0 Å². The average Bonchev–Trinajstić information content (AvgIpc) is 2.66. The Kier molecular flexibility index (Phi) is 4.75. The first-order valence-electron chi connectivity index (χ1n) is 6.01. The molecule has 0 aromatic heterocycles. The van der Waals surface area contributed by atoms with Crippen LogP contribution >= 0.6 is 11.8 Å². The molecule has 2 fully saturated rings. The van der Waals surface area contributed by atoms with Crippen molar-refractivity contribution in [2.75, 3.05) is 45.1 Å². The summed E-state index contributed by atoms with van der Waals surface area (Å²) in [5.74, 6) is 1.33. The molecule has 1 N–H and O–H groups in total. The molecule has 0 aromatic rings. The zero-order valence-corrected chi connectivity index (χ0v) is 10.4. The van der Waals surface area contributed by atoms with Crippen LogP contribution in [0, 0.1) is 0 Å². The van der Waals surface area contributed by atoms with Crippen molar-refractivity contribution in [1.82, 2.24) is 10.2 Å². The highest BCUT2D eigenvalue weighted by Crippen LogP contribution is 2.25. The van der Waals surface area contributed by atoms with Gasteiger partial charge in [0.1, 0.15) is 0 Å². The van der Waals surface area contributed by atoms with Crippen molar-refractivity contribution in [3.8, 4) is 0 Å². The minimum absolute atomic E-state index is 0.746. The number of ether oxygens (including phenoxy) is 1. The second-order valence-electron chi connectivity index (χ2n) is 4.38. The molecule has 0 aromatic carbocycles. The van der Waals surface area contributed by atoms with E-state index < -0.39 is 0 Å². The van der Waals surface area contributed by atoms with Crippen molar-refractivity contribution >= 4 is 11.8 Å². The second kappa shape index (κ2) is 6.09. The molecule has 2 saturated heterocycles. The van der Waals surface area contributed by atoms with Crippen molar-refractivity contribution in [2.24, 2.45) is 0 Å². The lowest BCUT2D eigenvalue weighted by Crippen LogP contribution is -2.43. The maximum absolute atomic E-state index is 5.33. The topological polar surface area (TPSA) is 24.5 Å². The van der Waals surface area contributed by atoms with Crippen LogP contribution in [0.3, 0.4) is 0 Å². The van der Waals surface area contributed by atoms with Gasteiger partial charge in [0.15, 0.2) is 0 Å². The Bertz CT molecular complexity index is 185. The Morgan fingerprint density at radius 3 is 2.87 bits per heavy atom. The molecule has 2 heterocycles. The van der Waals surface area contributed by atoms with Crippen LogP contribution in [0.1, 0.15) is 13.3 Å². The summed E-state index contributed by atoms with van der Waals surface area (Å²) in [4.78, 5) is 2.49.